The van der Waals surface area contributed by atoms with E-state index in [0.717, 1.165) is 11.8 Å². The van der Waals surface area contributed by atoms with Crippen LogP contribution in [0.15, 0.2) is 18.3 Å². The first kappa shape index (κ1) is 7.72. The number of rotatable bonds is 3. The Bertz CT molecular complexity index is 248. The molecule has 0 aliphatic rings. The van der Waals surface area contributed by atoms with Crippen LogP contribution in [0.5, 0.6) is 5.88 Å². The minimum atomic E-state index is 0.358. The molecule has 0 spiro atoms. The van der Waals surface area contributed by atoms with Gasteiger partial charge in [-0.05, 0) is 6.07 Å². The molecule has 11 heavy (non-hydrogen) atoms. The lowest BCUT2D eigenvalue weighted by molar-refractivity contribution is -0.107. The molecule has 3 heteroatoms. The number of aromatic nitrogens is 1. The number of ether oxygens (including phenoxy) is 1. The lowest BCUT2D eigenvalue weighted by Crippen LogP contribution is -1.94. The number of carbonyl (C=O) groups is 1. The van der Waals surface area contributed by atoms with Crippen molar-refractivity contribution in [1.29, 1.82) is 0 Å². The summed E-state index contributed by atoms with van der Waals surface area (Å²) in [5, 5.41) is 0. The fourth-order valence-electron chi connectivity index (χ4n) is 0.853. The van der Waals surface area contributed by atoms with Crippen LogP contribution in [0.4, 0.5) is 0 Å². The topological polar surface area (TPSA) is 39.2 Å². The van der Waals surface area contributed by atoms with Crippen LogP contribution in [-0.4, -0.2) is 18.4 Å². The standard InChI is InChI=1S/C8H9NO2/c1-11-8-7(4-6-10)3-2-5-9-8/h2-3,5-6H,4H2,1H3. The van der Waals surface area contributed by atoms with Crippen LogP contribution in [0.1, 0.15) is 5.56 Å². The maximum absolute atomic E-state index is 10.2. The van der Waals surface area contributed by atoms with Gasteiger partial charge in [0.15, 0.2) is 0 Å². The molecule has 0 amide bonds. The first-order chi connectivity index (χ1) is 5.38. The van der Waals surface area contributed by atoms with Crippen LogP contribution in [0.25, 0.3) is 0 Å². The molecule has 0 aliphatic carbocycles. The van der Waals surface area contributed by atoms with E-state index >= 15 is 0 Å². The van der Waals surface area contributed by atoms with Crippen molar-refractivity contribution >= 4 is 6.29 Å². The summed E-state index contributed by atoms with van der Waals surface area (Å²) in [4.78, 5) is 14.1. The van der Waals surface area contributed by atoms with Crippen molar-refractivity contribution in [2.45, 2.75) is 6.42 Å². The predicted molar refractivity (Wildman–Crippen MR) is 40.6 cm³/mol. The Kier molecular flexibility index (Phi) is 2.60. The molecule has 0 radical (unpaired) electrons. The molecular weight excluding hydrogens is 142 g/mol. The van der Waals surface area contributed by atoms with E-state index in [0.29, 0.717) is 12.3 Å². The molecule has 0 bridgehead atoms. The number of hydrogen-bond acceptors (Lipinski definition) is 3. The molecule has 0 saturated carbocycles. The Morgan fingerprint density at radius 1 is 1.73 bits per heavy atom. The van der Waals surface area contributed by atoms with Gasteiger partial charge >= 0.3 is 0 Å². The third-order valence-electron chi connectivity index (χ3n) is 1.35. The third kappa shape index (κ3) is 1.77. The van der Waals surface area contributed by atoms with Crippen molar-refractivity contribution in [1.82, 2.24) is 4.98 Å². The summed E-state index contributed by atoms with van der Waals surface area (Å²) < 4.78 is 4.93. The Balaban J connectivity index is 2.92. The van der Waals surface area contributed by atoms with Gasteiger partial charge in [0.1, 0.15) is 6.29 Å². The molecule has 0 aliphatic heterocycles. The van der Waals surface area contributed by atoms with E-state index in [1.54, 1.807) is 12.3 Å². The molecule has 1 rings (SSSR count). The molecule has 0 N–H and O–H groups in total. The first-order valence-corrected chi connectivity index (χ1v) is 3.30. The van der Waals surface area contributed by atoms with Gasteiger partial charge in [0, 0.05) is 18.2 Å². The van der Waals surface area contributed by atoms with Gasteiger partial charge < -0.3 is 9.53 Å². The van der Waals surface area contributed by atoms with Crippen molar-refractivity contribution in [2.24, 2.45) is 0 Å². The van der Waals surface area contributed by atoms with E-state index in [-0.39, 0.29) is 0 Å². The Morgan fingerprint density at radius 2 is 2.55 bits per heavy atom. The van der Waals surface area contributed by atoms with Crippen molar-refractivity contribution < 1.29 is 9.53 Å². The molecule has 1 aromatic heterocycles. The molecule has 1 aromatic rings. The van der Waals surface area contributed by atoms with Crippen molar-refractivity contribution in [3.63, 3.8) is 0 Å². The molecule has 0 unspecified atom stereocenters. The van der Waals surface area contributed by atoms with E-state index in [1.165, 1.54) is 7.11 Å². The zero-order valence-electron chi connectivity index (χ0n) is 6.28. The number of pyridine rings is 1. The van der Waals surface area contributed by atoms with Gasteiger partial charge in [-0.15, -0.1) is 0 Å². The van der Waals surface area contributed by atoms with Gasteiger partial charge in [0.25, 0.3) is 0 Å². The third-order valence-corrected chi connectivity index (χ3v) is 1.35. The normalized spacial score (nSPS) is 9.18. The van der Waals surface area contributed by atoms with E-state index in [9.17, 15) is 4.79 Å². The average molecular weight is 151 g/mol. The molecule has 58 valence electrons. The Labute approximate surface area is 65.0 Å². The van der Waals surface area contributed by atoms with Crippen molar-refractivity contribution in [3.05, 3.63) is 23.9 Å². The van der Waals surface area contributed by atoms with Gasteiger partial charge in [0.05, 0.1) is 7.11 Å². The van der Waals surface area contributed by atoms with Crippen LogP contribution in [-0.2, 0) is 11.2 Å². The molecular formula is C8H9NO2. The average Bonchev–Trinajstić information content (AvgIpc) is 2.06. The van der Waals surface area contributed by atoms with Gasteiger partial charge in [-0.3, -0.25) is 0 Å². The largest absolute Gasteiger partial charge is 0.481 e. The highest BCUT2D eigenvalue weighted by atomic mass is 16.5. The summed E-state index contributed by atoms with van der Waals surface area (Å²) in [6, 6.07) is 3.60. The Hall–Kier alpha value is -1.38. The van der Waals surface area contributed by atoms with Crippen LogP contribution in [0, 0.1) is 0 Å². The van der Waals surface area contributed by atoms with Gasteiger partial charge in [-0.1, -0.05) is 6.07 Å². The molecule has 0 aromatic carbocycles. The van der Waals surface area contributed by atoms with Crippen LogP contribution < -0.4 is 4.74 Å². The fourth-order valence-corrected chi connectivity index (χ4v) is 0.853. The number of hydrogen-bond donors (Lipinski definition) is 0. The zero-order chi connectivity index (χ0) is 8.10. The first-order valence-electron chi connectivity index (χ1n) is 3.30. The van der Waals surface area contributed by atoms with Gasteiger partial charge in [-0.25, -0.2) is 4.98 Å². The summed E-state index contributed by atoms with van der Waals surface area (Å²) in [6.45, 7) is 0. The van der Waals surface area contributed by atoms with Crippen LogP contribution in [0.3, 0.4) is 0 Å². The second-order valence-corrected chi connectivity index (χ2v) is 2.04. The summed E-state index contributed by atoms with van der Waals surface area (Å²) in [6.07, 6.45) is 2.82. The van der Waals surface area contributed by atoms with E-state index in [4.69, 9.17) is 4.74 Å². The Morgan fingerprint density at radius 3 is 3.18 bits per heavy atom. The lowest BCUT2D eigenvalue weighted by atomic mass is 10.2. The highest BCUT2D eigenvalue weighted by molar-refractivity contribution is 5.56. The second kappa shape index (κ2) is 3.71. The van der Waals surface area contributed by atoms with Crippen LogP contribution >= 0.6 is 0 Å². The van der Waals surface area contributed by atoms with Crippen molar-refractivity contribution in [3.8, 4) is 5.88 Å². The summed E-state index contributed by atoms with van der Waals surface area (Å²) in [7, 11) is 1.54. The minimum Gasteiger partial charge on any atom is -0.481 e. The predicted octanol–water partition coefficient (Wildman–Crippen LogP) is 0.832. The minimum absolute atomic E-state index is 0.358. The van der Waals surface area contributed by atoms with E-state index in [2.05, 4.69) is 4.98 Å². The highest BCUT2D eigenvalue weighted by Gasteiger charge is 2.00. The maximum atomic E-state index is 10.2. The number of methoxy groups -OCH3 is 1. The molecule has 0 atom stereocenters. The lowest BCUT2D eigenvalue weighted by Gasteiger charge is -2.01. The fraction of sp³-hybridized carbons (Fsp3) is 0.250. The van der Waals surface area contributed by atoms with E-state index < -0.39 is 0 Å². The maximum Gasteiger partial charge on any atom is 0.216 e. The molecule has 0 fully saturated rings. The zero-order valence-corrected chi connectivity index (χ0v) is 6.28. The summed E-state index contributed by atoms with van der Waals surface area (Å²) in [5.41, 5.74) is 0.824. The van der Waals surface area contributed by atoms with Crippen molar-refractivity contribution in [2.75, 3.05) is 7.11 Å². The molecule has 1 heterocycles. The second-order valence-electron chi connectivity index (χ2n) is 2.04. The van der Waals surface area contributed by atoms with Crippen LogP contribution in [0.2, 0.25) is 0 Å². The molecule has 3 nitrogen and oxygen atoms in total. The quantitative estimate of drug-likeness (QED) is 0.601. The summed E-state index contributed by atoms with van der Waals surface area (Å²) >= 11 is 0. The number of carbonyl (C=O) groups excluding carboxylic acids is 1. The number of aldehydes is 1. The SMILES string of the molecule is COc1ncccc1CC=O. The highest BCUT2D eigenvalue weighted by Crippen LogP contribution is 2.12. The molecule has 0 saturated heterocycles. The smallest absolute Gasteiger partial charge is 0.216 e. The monoisotopic (exact) mass is 151 g/mol. The van der Waals surface area contributed by atoms with Gasteiger partial charge in [-0.2, -0.15) is 0 Å². The van der Waals surface area contributed by atoms with Gasteiger partial charge in [0.2, 0.25) is 5.88 Å². The van der Waals surface area contributed by atoms with E-state index in [1.807, 2.05) is 6.07 Å². The number of nitrogens with zero attached hydrogens (tertiary/aromatic N) is 1. The summed E-state index contributed by atoms with van der Waals surface area (Å²) in [5.74, 6) is 0.527.